The average molecular weight is 192 g/mol. The van der Waals surface area contributed by atoms with Crippen LogP contribution in [0, 0.1) is 12.7 Å². The number of fused-ring (bicyclic) bond motifs is 1. The van der Waals surface area contributed by atoms with Crippen LogP contribution in [0.15, 0.2) is 18.5 Å². The predicted molar refractivity (Wildman–Crippen MR) is 54.0 cm³/mol. The second-order valence-corrected chi connectivity index (χ2v) is 3.89. The molecular weight excluding hydrogens is 179 g/mol. The maximum atomic E-state index is 13.5. The van der Waals surface area contributed by atoms with Crippen molar-refractivity contribution in [3.63, 3.8) is 0 Å². The molecule has 0 fully saturated rings. The van der Waals surface area contributed by atoms with Gasteiger partial charge >= 0.3 is 0 Å². The monoisotopic (exact) mass is 192 g/mol. The third-order valence-corrected chi connectivity index (χ3v) is 2.27. The summed E-state index contributed by atoms with van der Waals surface area (Å²) < 4.78 is 15.3. The van der Waals surface area contributed by atoms with E-state index in [0.29, 0.717) is 11.4 Å². The van der Waals surface area contributed by atoms with Crippen molar-refractivity contribution >= 4 is 5.52 Å². The fourth-order valence-corrected chi connectivity index (χ4v) is 1.63. The van der Waals surface area contributed by atoms with Crippen LogP contribution in [0.5, 0.6) is 0 Å². The molecule has 74 valence electrons. The van der Waals surface area contributed by atoms with E-state index in [1.807, 2.05) is 17.5 Å². The lowest BCUT2D eigenvalue weighted by atomic mass is 10.2. The Bertz CT molecular complexity index is 471. The van der Waals surface area contributed by atoms with Gasteiger partial charge in [0.15, 0.2) is 0 Å². The third-order valence-electron chi connectivity index (χ3n) is 2.27. The lowest BCUT2D eigenvalue weighted by Gasteiger charge is -2.05. The molecule has 3 heteroatoms. The second-order valence-electron chi connectivity index (χ2n) is 3.89. The van der Waals surface area contributed by atoms with Crippen molar-refractivity contribution in [2.24, 2.45) is 0 Å². The van der Waals surface area contributed by atoms with Gasteiger partial charge < -0.3 is 4.40 Å². The second kappa shape index (κ2) is 3.08. The van der Waals surface area contributed by atoms with Crippen molar-refractivity contribution in [2.75, 3.05) is 0 Å². The van der Waals surface area contributed by atoms with Gasteiger partial charge in [0.25, 0.3) is 0 Å². The minimum Gasteiger partial charge on any atom is -0.301 e. The lowest BCUT2D eigenvalue weighted by Crippen LogP contribution is -1.98. The standard InChI is InChI=1S/C11H13FN2/c1-7(2)11-13-5-10-9(12)4-8(3)6-14(10)11/h4-7H,1-3H3. The molecule has 0 radical (unpaired) electrons. The van der Waals surface area contributed by atoms with Crippen LogP contribution in [-0.2, 0) is 0 Å². The highest BCUT2D eigenvalue weighted by molar-refractivity contribution is 5.49. The molecule has 0 aliphatic carbocycles. The summed E-state index contributed by atoms with van der Waals surface area (Å²) in [4.78, 5) is 4.22. The summed E-state index contributed by atoms with van der Waals surface area (Å²) in [6.07, 6.45) is 3.50. The van der Waals surface area contributed by atoms with Crippen molar-refractivity contribution in [2.45, 2.75) is 26.7 Å². The zero-order valence-corrected chi connectivity index (χ0v) is 8.58. The van der Waals surface area contributed by atoms with Gasteiger partial charge in [-0.05, 0) is 18.6 Å². The van der Waals surface area contributed by atoms with E-state index in [1.54, 1.807) is 6.20 Å². The van der Waals surface area contributed by atoms with Gasteiger partial charge in [0, 0.05) is 12.1 Å². The number of rotatable bonds is 1. The van der Waals surface area contributed by atoms with Crippen LogP contribution in [0.25, 0.3) is 5.52 Å². The Morgan fingerprint density at radius 1 is 1.43 bits per heavy atom. The van der Waals surface area contributed by atoms with Gasteiger partial charge in [-0.25, -0.2) is 9.37 Å². The molecule has 0 bridgehead atoms. The number of nitrogens with zero attached hydrogens (tertiary/aromatic N) is 2. The molecule has 2 aromatic heterocycles. The van der Waals surface area contributed by atoms with E-state index in [1.165, 1.54) is 6.07 Å². The van der Waals surface area contributed by atoms with Gasteiger partial charge in [0.2, 0.25) is 0 Å². The first kappa shape index (κ1) is 9.19. The van der Waals surface area contributed by atoms with E-state index >= 15 is 0 Å². The molecule has 0 aliphatic heterocycles. The maximum Gasteiger partial charge on any atom is 0.149 e. The molecule has 0 aromatic carbocycles. The fraction of sp³-hybridized carbons (Fsp3) is 0.364. The van der Waals surface area contributed by atoms with E-state index < -0.39 is 0 Å². The van der Waals surface area contributed by atoms with Crippen LogP contribution in [0.3, 0.4) is 0 Å². The number of hydrogen-bond donors (Lipinski definition) is 0. The zero-order chi connectivity index (χ0) is 10.3. The van der Waals surface area contributed by atoms with Crippen LogP contribution in [-0.4, -0.2) is 9.38 Å². The Kier molecular flexibility index (Phi) is 2.02. The summed E-state index contributed by atoms with van der Waals surface area (Å²) in [7, 11) is 0. The SMILES string of the molecule is Cc1cc(F)c2cnc(C(C)C)n2c1. The van der Waals surface area contributed by atoms with Gasteiger partial charge in [-0.1, -0.05) is 13.8 Å². The summed E-state index contributed by atoms with van der Waals surface area (Å²) in [5, 5.41) is 0. The molecule has 2 nitrogen and oxygen atoms in total. The highest BCUT2D eigenvalue weighted by atomic mass is 19.1. The van der Waals surface area contributed by atoms with Crippen LogP contribution in [0.4, 0.5) is 4.39 Å². The van der Waals surface area contributed by atoms with Crippen molar-refractivity contribution in [1.29, 1.82) is 0 Å². The van der Waals surface area contributed by atoms with Gasteiger partial charge in [-0.3, -0.25) is 0 Å². The average Bonchev–Trinajstić information content (AvgIpc) is 2.47. The number of hydrogen-bond acceptors (Lipinski definition) is 1. The number of imidazole rings is 1. The first-order valence-corrected chi connectivity index (χ1v) is 4.72. The van der Waals surface area contributed by atoms with Crippen LogP contribution >= 0.6 is 0 Å². The summed E-state index contributed by atoms with van der Waals surface area (Å²) >= 11 is 0. The minimum absolute atomic E-state index is 0.204. The van der Waals surface area contributed by atoms with E-state index in [4.69, 9.17) is 0 Å². The molecule has 2 rings (SSSR count). The zero-order valence-electron chi connectivity index (χ0n) is 8.58. The molecule has 0 saturated carbocycles. The van der Waals surface area contributed by atoms with Crippen molar-refractivity contribution in [3.8, 4) is 0 Å². The first-order valence-electron chi connectivity index (χ1n) is 4.72. The molecule has 0 aliphatic rings. The van der Waals surface area contributed by atoms with E-state index in [0.717, 1.165) is 11.4 Å². The van der Waals surface area contributed by atoms with Crippen LogP contribution < -0.4 is 0 Å². The van der Waals surface area contributed by atoms with E-state index in [2.05, 4.69) is 18.8 Å². The Labute approximate surface area is 82.4 Å². The molecular formula is C11H13FN2. The Morgan fingerprint density at radius 2 is 2.14 bits per heavy atom. The molecule has 0 unspecified atom stereocenters. The molecule has 2 heterocycles. The molecule has 2 aromatic rings. The number of pyridine rings is 1. The van der Waals surface area contributed by atoms with Crippen molar-refractivity contribution in [3.05, 3.63) is 35.7 Å². The summed E-state index contributed by atoms with van der Waals surface area (Å²) in [5.74, 6) is 1.01. The highest BCUT2D eigenvalue weighted by Crippen LogP contribution is 2.18. The van der Waals surface area contributed by atoms with Gasteiger partial charge in [-0.15, -0.1) is 0 Å². The maximum absolute atomic E-state index is 13.5. The van der Waals surface area contributed by atoms with Gasteiger partial charge in [0.05, 0.1) is 6.20 Å². The van der Waals surface area contributed by atoms with E-state index in [9.17, 15) is 4.39 Å². The summed E-state index contributed by atoms with van der Waals surface area (Å²) in [5.41, 5.74) is 1.47. The van der Waals surface area contributed by atoms with Crippen molar-refractivity contribution < 1.29 is 4.39 Å². The fourth-order valence-electron chi connectivity index (χ4n) is 1.63. The Morgan fingerprint density at radius 3 is 2.79 bits per heavy atom. The predicted octanol–water partition coefficient (Wildman–Crippen LogP) is 2.91. The summed E-state index contributed by atoms with van der Waals surface area (Å²) in [6.45, 7) is 5.98. The van der Waals surface area contributed by atoms with Crippen molar-refractivity contribution in [1.82, 2.24) is 9.38 Å². The number of halogens is 1. The summed E-state index contributed by atoms with van der Waals surface area (Å²) in [6, 6.07) is 1.53. The van der Waals surface area contributed by atoms with E-state index in [-0.39, 0.29) is 5.82 Å². The van der Waals surface area contributed by atoms with Gasteiger partial charge in [-0.2, -0.15) is 0 Å². The number of aromatic nitrogens is 2. The van der Waals surface area contributed by atoms with Crippen LogP contribution in [0.1, 0.15) is 31.2 Å². The van der Waals surface area contributed by atoms with Crippen LogP contribution in [0.2, 0.25) is 0 Å². The lowest BCUT2D eigenvalue weighted by molar-refractivity contribution is 0.629. The third kappa shape index (κ3) is 1.29. The quantitative estimate of drug-likeness (QED) is 0.679. The normalized spacial score (nSPS) is 11.5. The largest absolute Gasteiger partial charge is 0.301 e. The number of aryl methyl sites for hydroxylation is 1. The molecule has 0 saturated heterocycles. The molecule has 14 heavy (non-hydrogen) atoms. The smallest absolute Gasteiger partial charge is 0.149 e. The minimum atomic E-state index is -0.204. The first-order chi connectivity index (χ1) is 6.59. The Balaban J connectivity index is 2.78. The molecule has 0 spiro atoms. The van der Waals surface area contributed by atoms with Gasteiger partial charge in [0.1, 0.15) is 17.2 Å². The Hall–Kier alpha value is -1.38. The highest BCUT2D eigenvalue weighted by Gasteiger charge is 2.10. The molecule has 0 N–H and O–H groups in total. The topological polar surface area (TPSA) is 17.3 Å². The molecule has 0 atom stereocenters. The molecule has 0 amide bonds.